The second-order valence-electron chi connectivity index (χ2n) is 2.78. The van der Waals surface area contributed by atoms with Gasteiger partial charge in [-0.15, -0.1) is 0 Å². The Hall–Kier alpha value is -1.32. The van der Waals surface area contributed by atoms with Crippen molar-refractivity contribution in [3.63, 3.8) is 0 Å². The summed E-state index contributed by atoms with van der Waals surface area (Å²) in [7, 11) is 0. The zero-order valence-electron chi connectivity index (χ0n) is 6.94. The van der Waals surface area contributed by atoms with Crippen molar-refractivity contribution < 1.29 is 19.1 Å². The minimum absolute atomic E-state index is 0.230. The Morgan fingerprint density at radius 1 is 1.67 bits per heavy atom. The number of cyclic esters (lactones) is 1. The fraction of sp³-hybridized carbons (Fsp3) is 0.500. The number of carbonyl (C=O) groups is 2. The van der Waals surface area contributed by atoms with Crippen LogP contribution in [0.3, 0.4) is 0 Å². The average molecular weight is 170 g/mol. The minimum Gasteiger partial charge on any atom is -0.446 e. The van der Waals surface area contributed by atoms with E-state index in [-0.39, 0.29) is 5.92 Å². The van der Waals surface area contributed by atoms with E-state index in [1.165, 1.54) is 12.3 Å². The van der Waals surface area contributed by atoms with Crippen LogP contribution >= 0.6 is 0 Å². The number of ether oxygens (including phenoxy) is 2. The molecule has 4 nitrogen and oxygen atoms in total. The summed E-state index contributed by atoms with van der Waals surface area (Å²) in [6, 6.07) is 0. The van der Waals surface area contributed by atoms with Crippen LogP contribution < -0.4 is 0 Å². The maximum atomic E-state index is 11.0. The zero-order chi connectivity index (χ0) is 9.14. The van der Waals surface area contributed by atoms with Crippen molar-refractivity contribution >= 4 is 11.9 Å². The molecule has 0 radical (unpaired) electrons. The van der Waals surface area contributed by atoms with Gasteiger partial charge in [-0.3, -0.25) is 4.79 Å². The van der Waals surface area contributed by atoms with Crippen molar-refractivity contribution in [2.75, 3.05) is 0 Å². The SMILES string of the molecule is CC(C)C(=O)OC1C=COC1=O. The molecule has 66 valence electrons. The van der Waals surface area contributed by atoms with Crippen molar-refractivity contribution in [3.05, 3.63) is 12.3 Å². The van der Waals surface area contributed by atoms with Crippen LogP contribution in [0.2, 0.25) is 0 Å². The average Bonchev–Trinajstić information content (AvgIpc) is 2.36. The first-order chi connectivity index (χ1) is 5.61. The van der Waals surface area contributed by atoms with Crippen molar-refractivity contribution in [1.29, 1.82) is 0 Å². The second-order valence-corrected chi connectivity index (χ2v) is 2.78. The highest BCUT2D eigenvalue weighted by molar-refractivity contribution is 5.83. The Morgan fingerprint density at radius 2 is 2.33 bits per heavy atom. The third-order valence-corrected chi connectivity index (χ3v) is 1.38. The molecule has 0 bridgehead atoms. The molecule has 12 heavy (non-hydrogen) atoms. The summed E-state index contributed by atoms with van der Waals surface area (Å²) in [5, 5.41) is 0. The highest BCUT2D eigenvalue weighted by Crippen LogP contribution is 2.09. The van der Waals surface area contributed by atoms with Gasteiger partial charge in [-0.25, -0.2) is 4.79 Å². The third-order valence-electron chi connectivity index (χ3n) is 1.38. The molecular weight excluding hydrogens is 160 g/mol. The van der Waals surface area contributed by atoms with Crippen LogP contribution in [0.1, 0.15) is 13.8 Å². The van der Waals surface area contributed by atoms with Gasteiger partial charge < -0.3 is 9.47 Å². The molecule has 0 aliphatic carbocycles. The molecule has 0 saturated heterocycles. The summed E-state index contributed by atoms with van der Waals surface area (Å²) in [6.45, 7) is 3.40. The minimum atomic E-state index is -0.847. The molecule has 1 heterocycles. The van der Waals surface area contributed by atoms with Crippen LogP contribution in [0.25, 0.3) is 0 Å². The van der Waals surface area contributed by atoms with E-state index in [2.05, 4.69) is 4.74 Å². The monoisotopic (exact) mass is 170 g/mol. The number of rotatable bonds is 2. The number of hydrogen-bond acceptors (Lipinski definition) is 4. The van der Waals surface area contributed by atoms with Gasteiger partial charge in [-0.1, -0.05) is 13.8 Å². The molecule has 4 heteroatoms. The van der Waals surface area contributed by atoms with E-state index in [1.54, 1.807) is 13.8 Å². The van der Waals surface area contributed by atoms with Gasteiger partial charge in [0, 0.05) is 6.08 Å². The van der Waals surface area contributed by atoms with E-state index >= 15 is 0 Å². The number of esters is 2. The highest BCUT2D eigenvalue weighted by Gasteiger charge is 2.26. The Bertz CT molecular complexity index is 229. The van der Waals surface area contributed by atoms with Crippen molar-refractivity contribution in [3.8, 4) is 0 Å². The maximum absolute atomic E-state index is 11.0. The summed E-state index contributed by atoms with van der Waals surface area (Å²) in [5.74, 6) is -1.17. The first kappa shape index (κ1) is 8.77. The molecule has 1 aliphatic heterocycles. The quantitative estimate of drug-likeness (QED) is 0.570. The van der Waals surface area contributed by atoms with Crippen LogP contribution in [0.15, 0.2) is 12.3 Å². The predicted octanol–water partition coefficient (Wildman–Crippen LogP) is 0.625. The van der Waals surface area contributed by atoms with Crippen molar-refractivity contribution in [2.45, 2.75) is 20.0 Å². The number of carbonyl (C=O) groups excluding carboxylic acids is 2. The summed E-state index contributed by atoms with van der Waals surface area (Å²) in [6.07, 6.45) is 1.78. The molecule has 0 aromatic carbocycles. The van der Waals surface area contributed by atoms with Crippen LogP contribution in [0, 0.1) is 5.92 Å². The van der Waals surface area contributed by atoms with Crippen molar-refractivity contribution in [2.24, 2.45) is 5.92 Å². The molecule has 0 N–H and O–H groups in total. The van der Waals surface area contributed by atoms with Gasteiger partial charge in [-0.05, 0) is 0 Å². The largest absolute Gasteiger partial charge is 0.446 e. The van der Waals surface area contributed by atoms with E-state index in [0.717, 1.165) is 0 Å². The molecule has 1 atom stereocenters. The molecule has 0 saturated carbocycles. The molecule has 1 aliphatic rings. The van der Waals surface area contributed by atoms with Gasteiger partial charge in [0.2, 0.25) is 6.10 Å². The highest BCUT2D eigenvalue weighted by atomic mass is 16.6. The normalized spacial score (nSPS) is 21.2. The van der Waals surface area contributed by atoms with Crippen LogP contribution in [-0.4, -0.2) is 18.0 Å². The Kier molecular flexibility index (Phi) is 2.47. The van der Waals surface area contributed by atoms with Gasteiger partial charge in [0.05, 0.1) is 12.2 Å². The van der Waals surface area contributed by atoms with E-state index in [9.17, 15) is 9.59 Å². The number of hydrogen-bond donors (Lipinski definition) is 0. The van der Waals surface area contributed by atoms with Crippen LogP contribution in [0.5, 0.6) is 0 Å². The second kappa shape index (κ2) is 3.38. The standard InChI is InChI=1S/C8H10O4/c1-5(2)7(9)12-6-3-4-11-8(6)10/h3-6H,1-2H3. The van der Waals surface area contributed by atoms with Gasteiger partial charge in [0.15, 0.2) is 0 Å². The molecule has 0 amide bonds. The van der Waals surface area contributed by atoms with E-state index in [4.69, 9.17) is 4.74 Å². The third kappa shape index (κ3) is 1.84. The Morgan fingerprint density at radius 3 is 2.75 bits per heavy atom. The van der Waals surface area contributed by atoms with E-state index in [0.29, 0.717) is 0 Å². The van der Waals surface area contributed by atoms with Gasteiger partial charge >= 0.3 is 11.9 Å². The lowest BCUT2D eigenvalue weighted by Gasteiger charge is -2.08. The Balaban J connectivity index is 2.46. The lowest BCUT2D eigenvalue weighted by atomic mass is 10.2. The molecule has 0 aromatic rings. The van der Waals surface area contributed by atoms with Crippen LogP contribution in [0.4, 0.5) is 0 Å². The molecule has 0 fully saturated rings. The lowest BCUT2D eigenvalue weighted by molar-refractivity contribution is -0.161. The summed E-state index contributed by atoms with van der Waals surface area (Å²) in [5.41, 5.74) is 0. The fourth-order valence-electron chi connectivity index (χ4n) is 0.672. The van der Waals surface area contributed by atoms with E-state index in [1.807, 2.05) is 0 Å². The van der Waals surface area contributed by atoms with Gasteiger partial charge in [0.25, 0.3) is 0 Å². The van der Waals surface area contributed by atoms with Crippen molar-refractivity contribution in [1.82, 2.24) is 0 Å². The predicted molar refractivity (Wildman–Crippen MR) is 40.0 cm³/mol. The smallest absolute Gasteiger partial charge is 0.356 e. The molecule has 1 rings (SSSR count). The van der Waals surface area contributed by atoms with Crippen LogP contribution in [-0.2, 0) is 19.1 Å². The summed E-state index contributed by atoms with van der Waals surface area (Å²) < 4.78 is 9.23. The fourth-order valence-corrected chi connectivity index (χ4v) is 0.672. The van der Waals surface area contributed by atoms with Gasteiger partial charge in [0.1, 0.15) is 0 Å². The first-order valence-electron chi connectivity index (χ1n) is 3.69. The van der Waals surface area contributed by atoms with E-state index < -0.39 is 18.0 Å². The zero-order valence-corrected chi connectivity index (χ0v) is 6.94. The summed E-state index contributed by atoms with van der Waals surface area (Å²) >= 11 is 0. The topological polar surface area (TPSA) is 52.6 Å². The maximum Gasteiger partial charge on any atom is 0.356 e. The Labute approximate surface area is 70.1 Å². The first-order valence-corrected chi connectivity index (χ1v) is 3.69. The summed E-state index contributed by atoms with van der Waals surface area (Å²) in [4.78, 5) is 21.8. The lowest BCUT2D eigenvalue weighted by Crippen LogP contribution is -2.25. The molecule has 0 spiro atoms. The molecule has 0 aromatic heterocycles. The molecular formula is C8H10O4. The van der Waals surface area contributed by atoms with Gasteiger partial charge in [-0.2, -0.15) is 0 Å². The molecule has 1 unspecified atom stereocenters.